The highest BCUT2D eigenvalue weighted by molar-refractivity contribution is 7.18. The second-order valence-electron chi connectivity index (χ2n) is 7.22. The van der Waals surface area contributed by atoms with E-state index in [-0.39, 0.29) is 22.0 Å². The van der Waals surface area contributed by atoms with Crippen LogP contribution >= 0.6 is 11.3 Å². The van der Waals surface area contributed by atoms with Crippen LogP contribution in [0.3, 0.4) is 0 Å². The minimum absolute atomic E-state index is 0.0247. The Balaban J connectivity index is 2.05. The summed E-state index contributed by atoms with van der Waals surface area (Å²) >= 11 is 0.871. The highest BCUT2D eigenvalue weighted by Gasteiger charge is 2.45. The van der Waals surface area contributed by atoms with Gasteiger partial charge in [-0.1, -0.05) is 0 Å². The lowest BCUT2D eigenvalue weighted by molar-refractivity contribution is -0.150. The maximum Gasteiger partial charge on any atom is 0.341 e. The predicted molar refractivity (Wildman–Crippen MR) is 112 cm³/mol. The number of rotatable bonds is 8. The van der Waals surface area contributed by atoms with Gasteiger partial charge in [0.05, 0.1) is 17.0 Å². The Kier molecular flexibility index (Phi) is 7.56. The van der Waals surface area contributed by atoms with E-state index in [9.17, 15) is 28.8 Å². The molecule has 174 valence electrons. The van der Waals surface area contributed by atoms with Gasteiger partial charge < -0.3 is 25.4 Å². The number of hydrogen-bond acceptors (Lipinski definition) is 9. The molecular formula is C19H24N4O8S. The fourth-order valence-electron chi connectivity index (χ4n) is 2.83. The molecule has 1 aliphatic rings. The maximum atomic E-state index is 12.3. The van der Waals surface area contributed by atoms with E-state index in [2.05, 4.69) is 16.0 Å². The predicted octanol–water partition coefficient (Wildman–Crippen LogP) is 0.405. The molecular weight excluding hydrogens is 444 g/mol. The first-order chi connectivity index (χ1) is 14.9. The molecule has 0 atom stereocenters. The summed E-state index contributed by atoms with van der Waals surface area (Å²) in [7, 11) is 1.43. The van der Waals surface area contributed by atoms with Gasteiger partial charge >= 0.3 is 18.0 Å². The van der Waals surface area contributed by atoms with Crippen LogP contribution in [0.25, 0.3) is 0 Å². The number of ether oxygens (including phenoxy) is 2. The molecule has 1 saturated heterocycles. The van der Waals surface area contributed by atoms with Crippen LogP contribution in [0.1, 0.15) is 46.4 Å². The highest BCUT2D eigenvalue weighted by atomic mass is 32.1. The minimum atomic E-state index is -1.14. The van der Waals surface area contributed by atoms with Crippen molar-refractivity contribution in [2.45, 2.75) is 33.2 Å². The van der Waals surface area contributed by atoms with Crippen LogP contribution in [-0.2, 0) is 23.9 Å². The minimum Gasteiger partial charge on any atom is -0.462 e. The maximum absolute atomic E-state index is 12.3. The van der Waals surface area contributed by atoms with Crippen molar-refractivity contribution in [3.8, 4) is 0 Å². The van der Waals surface area contributed by atoms with Gasteiger partial charge in [0.1, 0.15) is 17.1 Å². The van der Waals surface area contributed by atoms with E-state index in [1.165, 1.54) is 20.9 Å². The number of carbonyl (C=O) groups is 6. The molecule has 3 N–H and O–H groups in total. The molecule has 1 aromatic heterocycles. The Morgan fingerprint density at radius 2 is 1.81 bits per heavy atom. The molecule has 0 aromatic carbocycles. The summed E-state index contributed by atoms with van der Waals surface area (Å²) in [6, 6.07) is -0.740. The van der Waals surface area contributed by atoms with Gasteiger partial charge in [-0.15, -0.1) is 11.3 Å². The Bertz CT molecular complexity index is 984. The lowest BCUT2D eigenvalue weighted by Crippen LogP contribution is -2.41. The van der Waals surface area contributed by atoms with Gasteiger partial charge in [-0.3, -0.25) is 24.1 Å². The second-order valence-corrected chi connectivity index (χ2v) is 8.24. The first-order valence-electron chi connectivity index (χ1n) is 9.55. The topological polar surface area (TPSA) is 160 Å². The quantitative estimate of drug-likeness (QED) is 0.365. The van der Waals surface area contributed by atoms with E-state index < -0.39 is 54.4 Å². The molecule has 0 radical (unpaired) electrons. The van der Waals surface area contributed by atoms with Gasteiger partial charge in [-0.05, 0) is 33.3 Å². The molecule has 2 heterocycles. The molecule has 0 unspecified atom stereocenters. The smallest absolute Gasteiger partial charge is 0.341 e. The van der Waals surface area contributed by atoms with Crippen LogP contribution in [0.5, 0.6) is 0 Å². The van der Waals surface area contributed by atoms with Crippen molar-refractivity contribution in [2.24, 2.45) is 0 Å². The lowest BCUT2D eigenvalue weighted by atomic mass is 10.1. The lowest BCUT2D eigenvalue weighted by Gasteiger charge is -2.15. The molecule has 0 bridgehead atoms. The van der Waals surface area contributed by atoms with E-state index >= 15 is 0 Å². The zero-order valence-electron chi connectivity index (χ0n) is 18.2. The van der Waals surface area contributed by atoms with E-state index in [1.807, 2.05) is 0 Å². The Hall–Kier alpha value is -3.48. The molecule has 0 saturated carbocycles. The largest absolute Gasteiger partial charge is 0.462 e. The van der Waals surface area contributed by atoms with Crippen molar-refractivity contribution < 1.29 is 38.2 Å². The van der Waals surface area contributed by atoms with Gasteiger partial charge in [0.2, 0.25) is 0 Å². The summed E-state index contributed by atoms with van der Waals surface area (Å²) in [5.74, 6) is -3.52. The summed E-state index contributed by atoms with van der Waals surface area (Å²) in [6.07, 6.45) is 0. The van der Waals surface area contributed by atoms with Crippen molar-refractivity contribution in [3.05, 3.63) is 16.0 Å². The number of imide groups is 1. The summed E-state index contributed by atoms with van der Waals surface area (Å²) in [4.78, 5) is 73.5. The van der Waals surface area contributed by atoms with E-state index in [1.54, 1.807) is 13.8 Å². The highest BCUT2D eigenvalue weighted by Crippen LogP contribution is 2.33. The number of esters is 2. The third-order valence-electron chi connectivity index (χ3n) is 4.41. The van der Waals surface area contributed by atoms with Crippen LogP contribution in [-0.4, -0.2) is 72.9 Å². The van der Waals surface area contributed by atoms with Crippen LogP contribution in [0.2, 0.25) is 0 Å². The van der Waals surface area contributed by atoms with Gasteiger partial charge in [0.25, 0.3) is 17.7 Å². The molecule has 5 amide bonds. The monoisotopic (exact) mass is 468 g/mol. The number of thiophene rings is 1. The third kappa shape index (κ3) is 5.22. The van der Waals surface area contributed by atoms with E-state index in [4.69, 9.17) is 9.47 Å². The van der Waals surface area contributed by atoms with Crippen molar-refractivity contribution in [1.29, 1.82) is 0 Å². The molecule has 32 heavy (non-hydrogen) atoms. The average molecular weight is 468 g/mol. The van der Waals surface area contributed by atoms with Crippen LogP contribution in [0.4, 0.5) is 9.80 Å². The Morgan fingerprint density at radius 3 is 2.34 bits per heavy atom. The zero-order chi connectivity index (χ0) is 24.2. The molecule has 13 heteroatoms. The molecule has 12 nitrogen and oxygen atoms in total. The van der Waals surface area contributed by atoms with Crippen LogP contribution < -0.4 is 16.0 Å². The SMILES string of the molecule is CCOC(=O)c1c(NC(=O)COC(=O)CN2C(=O)NC(C)(C)C2=O)sc(C(=O)NC)c1C. The van der Waals surface area contributed by atoms with Crippen molar-refractivity contribution in [3.63, 3.8) is 0 Å². The van der Waals surface area contributed by atoms with E-state index in [0.717, 1.165) is 11.3 Å². The number of hydrogen-bond donors (Lipinski definition) is 3. The zero-order valence-corrected chi connectivity index (χ0v) is 19.1. The molecule has 2 rings (SSSR count). The molecule has 0 spiro atoms. The van der Waals surface area contributed by atoms with Gasteiger partial charge in [-0.25, -0.2) is 9.59 Å². The van der Waals surface area contributed by atoms with Crippen LogP contribution in [0.15, 0.2) is 0 Å². The number of nitrogens with one attached hydrogen (secondary N) is 3. The number of anilines is 1. The normalized spacial score (nSPS) is 14.6. The third-order valence-corrected chi connectivity index (χ3v) is 5.61. The van der Waals surface area contributed by atoms with Gasteiger partial charge in [0.15, 0.2) is 6.61 Å². The molecule has 1 aromatic rings. The molecule has 0 aliphatic carbocycles. The van der Waals surface area contributed by atoms with Gasteiger partial charge in [0, 0.05) is 7.05 Å². The first-order valence-corrected chi connectivity index (χ1v) is 10.4. The fraction of sp³-hybridized carbons (Fsp3) is 0.474. The summed E-state index contributed by atoms with van der Waals surface area (Å²) < 4.78 is 9.83. The molecule has 1 aliphatic heterocycles. The second kappa shape index (κ2) is 9.77. The number of nitrogens with zero attached hydrogens (tertiary/aromatic N) is 1. The molecule has 1 fully saturated rings. The number of amides is 5. The van der Waals surface area contributed by atoms with E-state index in [0.29, 0.717) is 10.5 Å². The summed E-state index contributed by atoms with van der Waals surface area (Å²) in [5, 5.41) is 7.36. The van der Waals surface area contributed by atoms with Crippen molar-refractivity contribution >= 4 is 52.0 Å². The van der Waals surface area contributed by atoms with Crippen molar-refractivity contribution in [1.82, 2.24) is 15.5 Å². The standard InChI is InChI=1S/C19H24N4O8S/c1-6-30-16(27)12-9(2)13(14(26)20-5)32-15(12)21-10(24)8-31-11(25)7-23-17(28)19(3,4)22-18(23)29/h6-8H2,1-5H3,(H,20,26)(H,21,24)(H,22,29). The number of carbonyl (C=O) groups excluding carboxylic acids is 6. The number of urea groups is 1. The van der Waals surface area contributed by atoms with Crippen molar-refractivity contribution in [2.75, 3.05) is 32.1 Å². The average Bonchev–Trinajstić information content (AvgIpc) is 3.13. The summed E-state index contributed by atoms with van der Waals surface area (Å²) in [6.45, 7) is 4.83. The first kappa shape index (κ1) is 24.8. The Labute approximate surface area is 187 Å². The Morgan fingerprint density at radius 1 is 1.16 bits per heavy atom. The summed E-state index contributed by atoms with van der Waals surface area (Å²) in [5.41, 5.74) is -0.782. The fourth-order valence-corrected chi connectivity index (χ4v) is 3.98. The van der Waals surface area contributed by atoms with Gasteiger partial charge in [-0.2, -0.15) is 0 Å². The van der Waals surface area contributed by atoms with Crippen LogP contribution in [0, 0.1) is 6.92 Å².